The van der Waals surface area contributed by atoms with Crippen molar-refractivity contribution in [2.45, 2.75) is 38.1 Å². The number of nitrogens with zero attached hydrogens (tertiary/aromatic N) is 2. The van der Waals surface area contributed by atoms with Crippen LogP contribution in [0, 0.1) is 13.8 Å². The van der Waals surface area contributed by atoms with Crippen molar-refractivity contribution < 1.29 is 9.53 Å². The zero-order chi connectivity index (χ0) is 16.1. The summed E-state index contributed by atoms with van der Waals surface area (Å²) in [5, 5.41) is 12.2. The van der Waals surface area contributed by atoms with E-state index >= 15 is 0 Å². The van der Waals surface area contributed by atoms with E-state index in [2.05, 4.69) is 35.4 Å². The van der Waals surface area contributed by atoms with E-state index in [1.165, 1.54) is 34.2 Å². The Labute approximate surface area is 138 Å². The van der Waals surface area contributed by atoms with Gasteiger partial charge in [-0.15, -0.1) is 10.2 Å². The fourth-order valence-corrected chi connectivity index (χ4v) is 3.28. The second-order valence-corrected chi connectivity index (χ2v) is 7.27. The van der Waals surface area contributed by atoms with Crippen molar-refractivity contribution >= 4 is 39.9 Å². The second kappa shape index (κ2) is 7.60. The number of ether oxygens (including phenoxy) is 1. The van der Waals surface area contributed by atoms with Gasteiger partial charge in [-0.3, -0.25) is 4.79 Å². The number of aryl methyl sites for hydroxylation is 1. The second-order valence-electron chi connectivity index (χ2n) is 5.07. The molecule has 0 radical (unpaired) electrons. The summed E-state index contributed by atoms with van der Waals surface area (Å²) in [6, 6.07) is 6.09. The molecule has 0 bridgehead atoms. The Morgan fingerprint density at radius 2 is 2.14 bits per heavy atom. The molecule has 7 heteroatoms. The molecular formula is C15H19N3O2S2. The number of anilines is 2. The molecule has 22 heavy (non-hydrogen) atoms. The molecular weight excluding hydrogens is 318 g/mol. The summed E-state index contributed by atoms with van der Waals surface area (Å²) in [5.74, 6) is 0.00950. The van der Waals surface area contributed by atoms with Gasteiger partial charge >= 0.3 is 5.97 Å². The normalized spacial score (nSPS) is 10.8. The van der Waals surface area contributed by atoms with Crippen molar-refractivity contribution in [1.82, 2.24) is 10.2 Å². The molecule has 0 saturated heterocycles. The summed E-state index contributed by atoms with van der Waals surface area (Å²) in [4.78, 5) is 11.5. The van der Waals surface area contributed by atoms with Crippen LogP contribution in [0.25, 0.3) is 0 Å². The van der Waals surface area contributed by atoms with Gasteiger partial charge < -0.3 is 10.1 Å². The highest BCUT2D eigenvalue weighted by atomic mass is 32.2. The van der Waals surface area contributed by atoms with E-state index in [-0.39, 0.29) is 17.8 Å². The largest absolute Gasteiger partial charge is 0.462 e. The lowest BCUT2D eigenvalue weighted by atomic mass is 10.1. The Balaban J connectivity index is 1.94. The van der Waals surface area contributed by atoms with Gasteiger partial charge in [0, 0.05) is 5.69 Å². The minimum Gasteiger partial charge on any atom is -0.462 e. The molecule has 1 heterocycles. The maximum Gasteiger partial charge on any atom is 0.316 e. The zero-order valence-electron chi connectivity index (χ0n) is 13.0. The quantitative estimate of drug-likeness (QED) is 0.636. The topological polar surface area (TPSA) is 64.1 Å². The summed E-state index contributed by atoms with van der Waals surface area (Å²) >= 11 is 2.76. The van der Waals surface area contributed by atoms with Crippen LogP contribution in [0.1, 0.15) is 25.0 Å². The van der Waals surface area contributed by atoms with Crippen molar-refractivity contribution in [3.8, 4) is 0 Å². The summed E-state index contributed by atoms with van der Waals surface area (Å²) in [5.41, 5.74) is 3.43. The molecule has 1 aromatic heterocycles. The van der Waals surface area contributed by atoms with Crippen LogP contribution in [0.2, 0.25) is 0 Å². The van der Waals surface area contributed by atoms with Gasteiger partial charge in [0.1, 0.15) is 0 Å². The van der Waals surface area contributed by atoms with Gasteiger partial charge in [-0.25, -0.2) is 0 Å². The predicted octanol–water partition coefficient (Wildman–Crippen LogP) is 3.94. The van der Waals surface area contributed by atoms with Crippen LogP contribution in [-0.4, -0.2) is 28.0 Å². The fourth-order valence-electron chi connectivity index (χ4n) is 1.74. The van der Waals surface area contributed by atoms with Crippen LogP contribution in [-0.2, 0) is 9.53 Å². The van der Waals surface area contributed by atoms with Gasteiger partial charge in [0.2, 0.25) is 5.13 Å². The first-order valence-corrected chi connectivity index (χ1v) is 8.75. The third-order valence-electron chi connectivity index (χ3n) is 2.93. The Morgan fingerprint density at radius 1 is 1.36 bits per heavy atom. The summed E-state index contributed by atoms with van der Waals surface area (Å²) in [6.45, 7) is 7.80. The van der Waals surface area contributed by atoms with Crippen molar-refractivity contribution in [2.24, 2.45) is 0 Å². The number of rotatable bonds is 6. The van der Waals surface area contributed by atoms with E-state index in [1.807, 2.05) is 26.0 Å². The minimum atomic E-state index is -0.237. The van der Waals surface area contributed by atoms with Crippen LogP contribution in [0.3, 0.4) is 0 Å². The Hall–Kier alpha value is -1.60. The predicted molar refractivity (Wildman–Crippen MR) is 91.1 cm³/mol. The molecule has 0 aliphatic rings. The number of hydrogen-bond donors (Lipinski definition) is 1. The minimum absolute atomic E-state index is 0.0935. The van der Waals surface area contributed by atoms with Gasteiger partial charge in [0.25, 0.3) is 0 Å². The maximum absolute atomic E-state index is 11.5. The molecule has 0 amide bonds. The average Bonchev–Trinajstić information content (AvgIpc) is 2.89. The first kappa shape index (κ1) is 16.8. The van der Waals surface area contributed by atoms with Crippen LogP contribution in [0.15, 0.2) is 22.5 Å². The molecule has 0 fully saturated rings. The van der Waals surface area contributed by atoms with Crippen LogP contribution in [0.4, 0.5) is 10.8 Å². The molecule has 0 aliphatic carbocycles. The molecule has 5 nitrogen and oxygen atoms in total. The summed E-state index contributed by atoms with van der Waals surface area (Å²) < 4.78 is 5.83. The molecule has 118 valence electrons. The first-order chi connectivity index (χ1) is 10.5. The van der Waals surface area contributed by atoms with E-state index in [9.17, 15) is 4.79 Å². The van der Waals surface area contributed by atoms with Crippen molar-refractivity contribution in [3.05, 3.63) is 29.3 Å². The van der Waals surface area contributed by atoms with Crippen LogP contribution < -0.4 is 5.32 Å². The SMILES string of the molecule is Cc1cccc(Nc2nnc(SCC(=O)OC(C)C)s2)c1C. The molecule has 1 N–H and O–H groups in total. The van der Waals surface area contributed by atoms with E-state index < -0.39 is 0 Å². The van der Waals surface area contributed by atoms with Crippen LogP contribution in [0.5, 0.6) is 0 Å². The van der Waals surface area contributed by atoms with Gasteiger partial charge in [-0.1, -0.05) is 35.2 Å². The van der Waals surface area contributed by atoms with E-state index in [1.54, 1.807) is 0 Å². The Morgan fingerprint density at radius 3 is 2.86 bits per heavy atom. The lowest BCUT2D eigenvalue weighted by Gasteiger charge is -2.08. The van der Waals surface area contributed by atoms with Crippen LogP contribution >= 0.6 is 23.1 Å². The molecule has 0 atom stereocenters. The fraction of sp³-hybridized carbons (Fsp3) is 0.400. The summed E-state index contributed by atoms with van der Waals surface area (Å²) in [6.07, 6.45) is -0.0935. The Kier molecular flexibility index (Phi) is 5.79. The molecule has 2 rings (SSSR count). The van der Waals surface area contributed by atoms with Gasteiger partial charge in [-0.05, 0) is 44.9 Å². The standard InChI is InChI=1S/C15H19N3O2S2/c1-9(2)20-13(19)8-21-15-18-17-14(22-15)16-12-7-5-6-10(3)11(12)4/h5-7,9H,8H2,1-4H3,(H,16,17). The number of aromatic nitrogens is 2. The third-order valence-corrected chi connectivity index (χ3v) is 4.88. The number of carbonyl (C=O) groups excluding carboxylic acids is 1. The highest BCUT2D eigenvalue weighted by molar-refractivity contribution is 8.01. The monoisotopic (exact) mass is 337 g/mol. The first-order valence-electron chi connectivity index (χ1n) is 6.94. The van der Waals surface area contributed by atoms with Gasteiger partial charge in [0.05, 0.1) is 11.9 Å². The van der Waals surface area contributed by atoms with Gasteiger partial charge in [0.15, 0.2) is 4.34 Å². The third kappa shape index (κ3) is 4.71. The molecule has 2 aromatic rings. The lowest BCUT2D eigenvalue weighted by Crippen LogP contribution is -2.13. The lowest BCUT2D eigenvalue weighted by molar-refractivity contribution is -0.144. The molecule has 0 unspecified atom stereocenters. The van der Waals surface area contributed by atoms with Crippen molar-refractivity contribution in [1.29, 1.82) is 0 Å². The maximum atomic E-state index is 11.5. The average molecular weight is 337 g/mol. The number of hydrogen-bond acceptors (Lipinski definition) is 7. The number of thioether (sulfide) groups is 1. The zero-order valence-corrected chi connectivity index (χ0v) is 14.7. The number of carbonyl (C=O) groups is 1. The number of benzene rings is 1. The van der Waals surface area contributed by atoms with Crippen molar-refractivity contribution in [2.75, 3.05) is 11.1 Å². The smallest absolute Gasteiger partial charge is 0.316 e. The van der Waals surface area contributed by atoms with E-state index in [0.29, 0.717) is 5.13 Å². The molecule has 0 spiro atoms. The van der Waals surface area contributed by atoms with Gasteiger partial charge in [-0.2, -0.15) is 0 Å². The molecule has 1 aromatic carbocycles. The van der Waals surface area contributed by atoms with E-state index in [4.69, 9.17) is 4.74 Å². The van der Waals surface area contributed by atoms with Crippen molar-refractivity contribution in [3.63, 3.8) is 0 Å². The number of esters is 1. The molecule has 0 saturated carbocycles. The molecule has 0 aliphatic heterocycles. The van der Waals surface area contributed by atoms with E-state index in [0.717, 1.165) is 10.0 Å². The highest BCUT2D eigenvalue weighted by Gasteiger charge is 2.11. The highest BCUT2D eigenvalue weighted by Crippen LogP contribution is 2.29. The number of nitrogens with one attached hydrogen (secondary N) is 1. The summed E-state index contributed by atoms with van der Waals surface area (Å²) in [7, 11) is 0. The Bertz CT molecular complexity index is 656.